The second-order valence-corrected chi connectivity index (χ2v) is 7.50. The lowest BCUT2D eigenvalue weighted by molar-refractivity contribution is -0.129. The number of rotatable bonds is 4. The molecular formula is C19H26N8O. The number of anilines is 4. The predicted octanol–water partition coefficient (Wildman–Crippen LogP) is 0.792. The first-order valence-corrected chi connectivity index (χ1v) is 9.50. The topological polar surface area (TPSA) is 89.5 Å². The first kappa shape index (κ1) is 18.4. The fourth-order valence-corrected chi connectivity index (χ4v) is 3.47. The number of fused-ring (bicyclic) bond motifs is 1. The van der Waals surface area contributed by atoms with Crippen molar-refractivity contribution in [3.8, 4) is 0 Å². The Balaban J connectivity index is 1.40. The SMILES string of the molecule is CN1CCN(c2ccc(Nc3ncc4c(n3)CC(C(=O)N(C)C)N4)nc2)CC1. The molecule has 2 aliphatic heterocycles. The van der Waals surface area contributed by atoms with Crippen LogP contribution in [-0.2, 0) is 11.2 Å². The molecule has 0 saturated carbocycles. The third kappa shape index (κ3) is 3.84. The second kappa shape index (κ2) is 7.59. The maximum absolute atomic E-state index is 12.2. The van der Waals surface area contributed by atoms with E-state index in [4.69, 9.17) is 0 Å². The summed E-state index contributed by atoms with van der Waals surface area (Å²) in [6.07, 6.45) is 4.15. The molecule has 1 unspecified atom stereocenters. The standard InChI is InChI=1S/C19H26N8O/c1-25(2)18(28)15-10-14-16(22-15)12-21-19(23-14)24-17-5-4-13(11-20-17)27-8-6-26(3)7-9-27/h4-5,11-12,15,22H,6-10H2,1-3H3,(H,20,21,23,24). The summed E-state index contributed by atoms with van der Waals surface area (Å²) in [7, 11) is 5.65. The van der Waals surface area contributed by atoms with Crippen LogP contribution in [0.25, 0.3) is 0 Å². The summed E-state index contributed by atoms with van der Waals surface area (Å²) in [5, 5.41) is 6.34. The van der Waals surface area contributed by atoms with Crippen LogP contribution in [0, 0.1) is 0 Å². The molecule has 28 heavy (non-hydrogen) atoms. The van der Waals surface area contributed by atoms with Crippen molar-refractivity contribution in [1.29, 1.82) is 0 Å². The average Bonchev–Trinajstić information content (AvgIpc) is 3.12. The van der Waals surface area contributed by atoms with E-state index in [0.717, 1.165) is 43.2 Å². The fourth-order valence-electron chi connectivity index (χ4n) is 3.47. The van der Waals surface area contributed by atoms with Crippen LogP contribution in [0.3, 0.4) is 0 Å². The van der Waals surface area contributed by atoms with Gasteiger partial charge in [0.1, 0.15) is 11.9 Å². The van der Waals surface area contributed by atoms with Gasteiger partial charge < -0.3 is 25.3 Å². The Labute approximate surface area is 164 Å². The fraction of sp³-hybridized carbons (Fsp3) is 0.474. The van der Waals surface area contributed by atoms with Crippen molar-refractivity contribution in [2.75, 3.05) is 62.9 Å². The van der Waals surface area contributed by atoms with Gasteiger partial charge in [0.25, 0.3) is 0 Å². The van der Waals surface area contributed by atoms with Gasteiger partial charge in [-0.25, -0.2) is 15.0 Å². The van der Waals surface area contributed by atoms with Crippen molar-refractivity contribution in [2.24, 2.45) is 0 Å². The summed E-state index contributed by atoms with van der Waals surface area (Å²) in [5.74, 6) is 1.22. The summed E-state index contributed by atoms with van der Waals surface area (Å²) in [6, 6.07) is 3.73. The summed E-state index contributed by atoms with van der Waals surface area (Å²) in [6.45, 7) is 4.15. The van der Waals surface area contributed by atoms with E-state index in [2.05, 4.69) is 48.5 Å². The van der Waals surface area contributed by atoms with Gasteiger partial charge in [0.2, 0.25) is 11.9 Å². The molecule has 2 aromatic rings. The van der Waals surface area contributed by atoms with Crippen molar-refractivity contribution in [3.63, 3.8) is 0 Å². The molecule has 0 aliphatic carbocycles. The third-order valence-corrected chi connectivity index (χ3v) is 5.19. The van der Waals surface area contributed by atoms with Crippen molar-refractivity contribution >= 4 is 29.0 Å². The van der Waals surface area contributed by atoms with Gasteiger partial charge in [-0.2, -0.15) is 0 Å². The molecule has 0 radical (unpaired) electrons. The zero-order chi connectivity index (χ0) is 19.7. The number of nitrogens with zero attached hydrogens (tertiary/aromatic N) is 6. The van der Waals surface area contributed by atoms with Crippen LogP contribution >= 0.6 is 0 Å². The van der Waals surface area contributed by atoms with Crippen LogP contribution in [0.5, 0.6) is 0 Å². The van der Waals surface area contributed by atoms with E-state index in [0.29, 0.717) is 18.2 Å². The van der Waals surface area contributed by atoms with Crippen LogP contribution in [0.4, 0.5) is 23.1 Å². The first-order valence-electron chi connectivity index (χ1n) is 9.50. The molecule has 9 heteroatoms. The van der Waals surface area contributed by atoms with Crippen molar-refractivity contribution in [2.45, 2.75) is 12.5 Å². The van der Waals surface area contributed by atoms with E-state index in [1.165, 1.54) is 0 Å². The molecule has 0 bridgehead atoms. The number of hydrogen-bond donors (Lipinski definition) is 2. The van der Waals surface area contributed by atoms with Crippen molar-refractivity contribution < 1.29 is 4.79 Å². The van der Waals surface area contributed by atoms with Gasteiger partial charge in [-0.1, -0.05) is 0 Å². The molecule has 9 nitrogen and oxygen atoms in total. The lowest BCUT2D eigenvalue weighted by atomic mass is 10.2. The minimum atomic E-state index is -0.282. The number of amides is 1. The summed E-state index contributed by atoms with van der Waals surface area (Å²) < 4.78 is 0. The molecule has 0 aromatic carbocycles. The quantitative estimate of drug-likeness (QED) is 0.802. The highest BCUT2D eigenvalue weighted by atomic mass is 16.2. The number of pyridine rings is 1. The third-order valence-electron chi connectivity index (χ3n) is 5.19. The molecule has 1 fully saturated rings. The van der Waals surface area contributed by atoms with Gasteiger partial charge in [0.05, 0.1) is 29.5 Å². The number of aromatic nitrogens is 3. The Morgan fingerprint density at radius 2 is 1.96 bits per heavy atom. The molecule has 1 saturated heterocycles. The second-order valence-electron chi connectivity index (χ2n) is 7.50. The maximum atomic E-state index is 12.2. The molecule has 4 rings (SSSR count). The van der Waals surface area contributed by atoms with Gasteiger partial charge >= 0.3 is 0 Å². The van der Waals surface area contributed by atoms with Crippen LogP contribution in [0.15, 0.2) is 24.5 Å². The van der Waals surface area contributed by atoms with E-state index in [1.54, 1.807) is 25.2 Å². The lowest BCUT2D eigenvalue weighted by Gasteiger charge is -2.33. The van der Waals surface area contributed by atoms with E-state index < -0.39 is 0 Å². The Kier molecular flexibility index (Phi) is 4.99. The molecule has 4 heterocycles. The van der Waals surface area contributed by atoms with Crippen LogP contribution in [0.1, 0.15) is 5.69 Å². The van der Waals surface area contributed by atoms with Gasteiger partial charge in [-0.3, -0.25) is 4.79 Å². The van der Waals surface area contributed by atoms with Crippen LogP contribution in [0.2, 0.25) is 0 Å². The number of hydrogen-bond acceptors (Lipinski definition) is 8. The smallest absolute Gasteiger partial charge is 0.244 e. The van der Waals surface area contributed by atoms with Crippen LogP contribution < -0.4 is 15.5 Å². The van der Waals surface area contributed by atoms with E-state index in [9.17, 15) is 4.79 Å². The lowest BCUT2D eigenvalue weighted by Crippen LogP contribution is -2.44. The summed E-state index contributed by atoms with van der Waals surface area (Å²) in [5.41, 5.74) is 2.78. The maximum Gasteiger partial charge on any atom is 0.244 e. The Morgan fingerprint density at radius 1 is 1.18 bits per heavy atom. The number of carbonyl (C=O) groups excluding carboxylic acids is 1. The van der Waals surface area contributed by atoms with Gasteiger partial charge in [0.15, 0.2) is 0 Å². The number of piperazine rings is 1. The van der Waals surface area contributed by atoms with E-state index in [-0.39, 0.29) is 11.9 Å². The number of carbonyl (C=O) groups is 1. The van der Waals surface area contributed by atoms with Gasteiger partial charge in [0, 0.05) is 46.7 Å². The molecule has 1 atom stereocenters. The Bertz CT molecular complexity index is 846. The average molecular weight is 382 g/mol. The zero-order valence-electron chi connectivity index (χ0n) is 16.5. The Hall–Kier alpha value is -2.94. The first-order chi connectivity index (χ1) is 13.5. The highest BCUT2D eigenvalue weighted by molar-refractivity contribution is 5.86. The van der Waals surface area contributed by atoms with E-state index >= 15 is 0 Å². The minimum Gasteiger partial charge on any atom is -0.371 e. The highest BCUT2D eigenvalue weighted by Crippen LogP contribution is 2.26. The van der Waals surface area contributed by atoms with Gasteiger partial charge in [-0.05, 0) is 19.2 Å². The summed E-state index contributed by atoms with van der Waals surface area (Å²) in [4.78, 5) is 31.8. The van der Waals surface area contributed by atoms with Gasteiger partial charge in [-0.15, -0.1) is 0 Å². The molecule has 2 N–H and O–H groups in total. The monoisotopic (exact) mass is 382 g/mol. The highest BCUT2D eigenvalue weighted by Gasteiger charge is 2.29. The predicted molar refractivity (Wildman–Crippen MR) is 109 cm³/mol. The zero-order valence-corrected chi connectivity index (χ0v) is 16.5. The number of likely N-dealkylation sites (N-methyl/N-ethyl adjacent to an activating group) is 2. The minimum absolute atomic E-state index is 0.0358. The van der Waals surface area contributed by atoms with Crippen LogP contribution in [-0.4, -0.2) is 84.0 Å². The Morgan fingerprint density at radius 3 is 2.64 bits per heavy atom. The molecule has 2 aromatic heterocycles. The van der Waals surface area contributed by atoms with Crippen molar-refractivity contribution in [3.05, 3.63) is 30.2 Å². The molecular weight excluding hydrogens is 356 g/mol. The molecule has 2 aliphatic rings. The normalized spacial score (nSPS) is 19.1. The molecule has 1 amide bonds. The molecule has 0 spiro atoms. The number of nitrogens with one attached hydrogen (secondary N) is 2. The van der Waals surface area contributed by atoms with E-state index in [1.807, 2.05) is 12.3 Å². The molecule has 148 valence electrons. The van der Waals surface area contributed by atoms with Crippen molar-refractivity contribution in [1.82, 2.24) is 24.8 Å². The largest absolute Gasteiger partial charge is 0.371 e. The summed E-state index contributed by atoms with van der Waals surface area (Å²) >= 11 is 0.